The van der Waals surface area contributed by atoms with Crippen LogP contribution in [0.25, 0.3) is 11.3 Å². The number of H-pyrrole nitrogens is 1. The number of rotatable bonds is 5. The van der Waals surface area contributed by atoms with Crippen LogP contribution in [-0.4, -0.2) is 25.9 Å². The number of hydrogen-bond acceptors (Lipinski definition) is 3. The number of carbonyl (C=O) groups is 1. The number of hydrogen-bond donors (Lipinski definition) is 2. The second-order valence-electron chi connectivity index (χ2n) is 5.23. The van der Waals surface area contributed by atoms with E-state index in [1.165, 1.54) is 0 Å². The third-order valence-electron chi connectivity index (χ3n) is 3.64. The third-order valence-corrected chi connectivity index (χ3v) is 4.85. The van der Waals surface area contributed by atoms with Gasteiger partial charge in [0.1, 0.15) is 5.69 Å². The predicted molar refractivity (Wildman–Crippen MR) is 101 cm³/mol. The van der Waals surface area contributed by atoms with E-state index in [1.54, 1.807) is 30.5 Å². The summed E-state index contributed by atoms with van der Waals surface area (Å²) in [7, 11) is 0. The Morgan fingerprint density at radius 3 is 2.88 bits per heavy atom. The lowest BCUT2D eigenvalue weighted by atomic mass is 10.1. The zero-order chi connectivity index (χ0) is 18.0. The summed E-state index contributed by atoms with van der Waals surface area (Å²) in [5, 5.41) is 15.0. The number of amides is 1. The average Bonchev–Trinajstić information content (AvgIpc) is 3.19. The smallest absolute Gasteiger partial charge is 0.269 e. The first-order valence-corrected chi connectivity index (χ1v) is 9.03. The highest BCUT2D eigenvalue weighted by molar-refractivity contribution is 9.10. The number of aryl methyl sites for hydroxylation is 1. The Kier molecular flexibility index (Phi) is 5.46. The van der Waals surface area contributed by atoms with Crippen molar-refractivity contribution in [2.24, 2.45) is 0 Å². The SMILES string of the molecule is CCn1ncc(Br)c1CNC(=O)c1cc(-c2ccc(Cl)cc2Cl)n[nH]1. The molecule has 3 aromatic rings. The van der Waals surface area contributed by atoms with E-state index in [1.807, 2.05) is 11.6 Å². The molecule has 0 atom stereocenters. The number of benzene rings is 1. The van der Waals surface area contributed by atoms with Gasteiger partial charge in [0.25, 0.3) is 5.91 Å². The Labute approximate surface area is 162 Å². The minimum absolute atomic E-state index is 0.264. The lowest BCUT2D eigenvalue weighted by molar-refractivity contribution is 0.0945. The molecular weight excluding hydrogens is 429 g/mol. The van der Waals surface area contributed by atoms with Gasteiger partial charge in [0, 0.05) is 17.1 Å². The van der Waals surface area contributed by atoms with E-state index in [2.05, 4.69) is 36.5 Å². The standard InChI is InChI=1S/C16H14BrCl2N5O/c1-2-24-15(11(17)7-21-24)8-20-16(25)14-6-13(22-23-14)10-4-3-9(18)5-12(10)19/h3-7H,2,8H2,1H3,(H,20,25)(H,22,23). The van der Waals surface area contributed by atoms with Crippen LogP contribution in [0.4, 0.5) is 0 Å². The molecule has 0 radical (unpaired) electrons. The van der Waals surface area contributed by atoms with Gasteiger partial charge in [0.05, 0.1) is 33.6 Å². The summed E-state index contributed by atoms with van der Waals surface area (Å²) in [5.74, 6) is -0.264. The van der Waals surface area contributed by atoms with E-state index >= 15 is 0 Å². The number of carbonyl (C=O) groups excluding carboxylic acids is 1. The van der Waals surface area contributed by atoms with Crippen molar-refractivity contribution < 1.29 is 4.79 Å². The summed E-state index contributed by atoms with van der Waals surface area (Å²) in [6.07, 6.45) is 1.71. The van der Waals surface area contributed by atoms with Crippen molar-refractivity contribution in [3.05, 3.63) is 56.4 Å². The van der Waals surface area contributed by atoms with Crippen molar-refractivity contribution in [3.8, 4) is 11.3 Å². The molecule has 0 saturated carbocycles. The van der Waals surface area contributed by atoms with E-state index < -0.39 is 0 Å². The van der Waals surface area contributed by atoms with Gasteiger partial charge in [-0.3, -0.25) is 14.6 Å². The molecule has 2 N–H and O–H groups in total. The van der Waals surface area contributed by atoms with Crippen LogP contribution in [0.2, 0.25) is 10.0 Å². The topological polar surface area (TPSA) is 75.6 Å². The molecule has 9 heteroatoms. The van der Waals surface area contributed by atoms with Gasteiger partial charge in [0.2, 0.25) is 0 Å². The maximum atomic E-state index is 12.4. The molecule has 1 aromatic carbocycles. The normalized spacial score (nSPS) is 10.9. The second-order valence-corrected chi connectivity index (χ2v) is 6.93. The Bertz CT molecular complexity index is 921. The molecule has 0 aliphatic carbocycles. The summed E-state index contributed by atoms with van der Waals surface area (Å²) < 4.78 is 2.67. The van der Waals surface area contributed by atoms with E-state index in [4.69, 9.17) is 23.2 Å². The van der Waals surface area contributed by atoms with E-state index in [0.29, 0.717) is 33.5 Å². The fourth-order valence-corrected chi connectivity index (χ4v) is 3.31. The molecule has 0 aliphatic rings. The van der Waals surface area contributed by atoms with Gasteiger partial charge in [-0.05, 0) is 47.1 Å². The highest BCUT2D eigenvalue weighted by Crippen LogP contribution is 2.29. The van der Waals surface area contributed by atoms with Crippen molar-refractivity contribution in [2.75, 3.05) is 0 Å². The Morgan fingerprint density at radius 2 is 2.16 bits per heavy atom. The van der Waals surface area contributed by atoms with Crippen LogP contribution in [0, 0.1) is 0 Å². The zero-order valence-electron chi connectivity index (χ0n) is 13.2. The van der Waals surface area contributed by atoms with Crippen LogP contribution in [0.1, 0.15) is 23.1 Å². The lowest BCUT2D eigenvalue weighted by Crippen LogP contribution is -2.25. The van der Waals surface area contributed by atoms with E-state index in [0.717, 1.165) is 16.7 Å². The molecule has 25 heavy (non-hydrogen) atoms. The van der Waals surface area contributed by atoms with Gasteiger partial charge in [-0.15, -0.1) is 0 Å². The lowest BCUT2D eigenvalue weighted by Gasteiger charge is -2.06. The first-order chi connectivity index (χ1) is 12.0. The molecule has 3 rings (SSSR count). The predicted octanol–water partition coefficient (Wildman–Crippen LogP) is 4.29. The Balaban J connectivity index is 1.73. The Morgan fingerprint density at radius 1 is 1.36 bits per heavy atom. The number of aromatic nitrogens is 4. The van der Waals surface area contributed by atoms with Crippen LogP contribution < -0.4 is 5.32 Å². The quantitative estimate of drug-likeness (QED) is 0.618. The molecule has 0 saturated heterocycles. The Hall–Kier alpha value is -1.83. The molecule has 0 bridgehead atoms. The van der Waals surface area contributed by atoms with Gasteiger partial charge in [-0.1, -0.05) is 23.2 Å². The summed E-state index contributed by atoms with van der Waals surface area (Å²) in [6, 6.07) is 6.77. The van der Waals surface area contributed by atoms with Crippen molar-refractivity contribution in [2.45, 2.75) is 20.0 Å². The molecule has 2 heterocycles. The van der Waals surface area contributed by atoms with Crippen LogP contribution >= 0.6 is 39.1 Å². The highest BCUT2D eigenvalue weighted by atomic mass is 79.9. The van der Waals surface area contributed by atoms with Gasteiger partial charge < -0.3 is 5.32 Å². The fraction of sp³-hybridized carbons (Fsp3) is 0.188. The minimum Gasteiger partial charge on any atom is -0.345 e. The summed E-state index contributed by atoms with van der Waals surface area (Å²) in [4.78, 5) is 12.4. The molecule has 0 aliphatic heterocycles. The van der Waals surface area contributed by atoms with Crippen LogP contribution in [0.5, 0.6) is 0 Å². The molecule has 1 amide bonds. The van der Waals surface area contributed by atoms with Crippen molar-refractivity contribution >= 4 is 45.0 Å². The van der Waals surface area contributed by atoms with Crippen LogP contribution in [-0.2, 0) is 13.1 Å². The number of nitrogens with zero attached hydrogens (tertiary/aromatic N) is 3. The molecule has 0 unspecified atom stereocenters. The van der Waals surface area contributed by atoms with Crippen LogP contribution in [0.15, 0.2) is 34.9 Å². The molecule has 0 fully saturated rings. The van der Waals surface area contributed by atoms with Gasteiger partial charge >= 0.3 is 0 Å². The molecule has 0 spiro atoms. The van der Waals surface area contributed by atoms with Crippen molar-refractivity contribution in [3.63, 3.8) is 0 Å². The molecular formula is C16H14BrCl2N5O. The van der Waals surface area contributed by atoms with Gasteiger partial charge in [-0.2, -0.15) is 10.2 Å². The number of nitrogens with one attached hydrogen (secondary N) is 2. The third kappa shape index (κ3) is 3.89. The summed E-state index contributed by atoms with van der Waals surface area (Å²) in [6.45, 7) is 3.06. The summed E-state index contributed by atoms with van der Waals surface area (Å²) in [5.41, 5.74) is 2.52. The fourth-order valence-electron chi connectivity index (χ4n) is 2.37. The molecule has 6 nitrogen and oxygen atoms in total. The largest absolute Gasteiger partial charge is 0.345 e. The van der Waals surface area contributed by atoms with Crippen molar-refractivity contribution in [1.29, 1.82) is 0 Å². The highest BCUT2D eigenvalue weighted by Gasteiger charge is 2.15. The average molecular weight is 443 g/mol. The van der Waals surface area contributed by atoms with E-state index in [-0.39, 0.29) is 5.91 Å². The van der Waals surface area contributed by atoms with Gasteiger partial charge in [-0.25, -0.2) is 0 Å². The van der Waals surface area contributed by atoms with Crippen molar-refractivity contribution in [1.82, 2.24) is 25.3 Å². The van der Waals surface area contributed by atoms with Crippen LogP contribution in [0.3, 0.4) is 0 Å². The number of aromatic amines is 1. The molecule has 2 aromatic heterocycles. The maximum Gasteiger partial charge on any atom is 0.269 e. The second kappa shape index (κ2) is 7.59. The first kappa shape index (κ1) is 18.0. The minimum atomic E-state index is -0.264. The zero-order valence-corrected chi connectivity index (χ0v) is 16.3. The molecule has 130 valence electrons. The monoisotopic (exact) mass is 441 g/mol. The summed E-state index contributed by atoms with van der Waals surface area (Å²) >= 11 is 15.5. The number of halogens is 3. The van der Waals surface area contributed by atoms with E-state index in [9.17, 15) is 4.79 Å². The first-order valence-electron chi connectivity index (χ1n) is 7.48. The maximum absolute atomic E-state index is 12.4. The van der Waals surface area contributed by atoms with Gasteiger partial charge in [0.15, 0.2) is 0 Å².